The van der Waals surface area contributed by atoms with E-state index in [1.54, 1.807) is 6.92 Å². The minimum atomic E-state index is -0.0980. The average Bonchev–Trinajstić information content (AvgIpc) is 1.82. The molecule has 2 nitrogen and oxygen atoms in total. The first kappa shape index (κ1) is 13.4. The predicted octanol–water partition coefficient (Wildman–Crippen LogP) is 1.64. The van der Waals surface area contributed by atoms with Crippen molar-refractivity contribution in [3.63, 3.8) is 0 Å². The van der Waals surface area contributed by atoms with E-state index in [-0.39, 0.29) is 26.8 Å². The van der Waals surface area contributed by atoms with E-state index in [1.165, 1.54) is 6.92 Å². The van der Waals surface area contributed by atoms with Crippen molar-refractivity contribution in [1.82, 2.24) is 0 Å². The molecule has 11 heavy (non-hydrogen) atoms. The Labute approximate surface area is 82.0 Å². The average molecular weight is 321 g/mol. The van der Waals surface area contributed by atoms with Crippen LogP contribution in [-0.4, -0.2) is 12.0 Å². The number of carbonyl (C=O) groups excluding carboxylic acids is 1. The van der Waals surface area contributed by atoms with Gasteiger partial charge in [0.1, 0.15) is 0 Å². The molecule has 0 atom stereocenters. The van der Waals surface area contributed by atoms with Crippen LogP contribution in [0.2, 0.25) is 0 Å². The van der Waals surface area contributed by atoms with Gasteiger partial charge in [-0.1, -0.05) is 13.3 Å². The summed E-state index contributed by atoms with van der Waals surface area (Å²) in [7, 11) is 0. The molecule has 0 aliphatic heterocycles. The van der Waals surface area contributed by atoms with E-state index in [1.807, 2.05) is 6.92 Å². The zero-order valence-corrected chi connectivity index (χ0v) is 9.90. The smallest absolute Gasteiger partial charge is 0.511 e. The minimum Gasteiger partial charge on any atom is -0.511 e. The van der Waals surface area contributed by atoms with Crippen LogP contribution in [0.3, 0.4) is 0 Å². The summed E-state index contributed by atoms with van der Waals surface area (Å²) in [6, 6.07) is 0. The number of carbonyl (C=O) groups is 1. The van der Waals surface area contributed by atoms with Gasteiger partial charge in [0.25, 0.3) is 0 Å². The third-order valence-electron chi connectivity index (χ3n) is 0.762. The summed E-state index contributed by atoms with van der Waals surface area (Å²) >= 11 is 0. The Bertz CT molecular complexity index is 173. The molecule has 0 aromatic rings. The summed E-state index contributed by atoms with van der Waals surface area (Å²) in [4.78, 5) is 14.2. The molecule has 0 aromatic carbocycles. The molecule has 0 aromatic heterocycles. The van der Waals surface area contributed by atoms with Crippen LogP contribution in [-0.2, 0) is 25.9 Å². The SMILES string of the molecule is CC[C-]=NC(C)=[C-]C(C)=O.[W+2]. The van der Waals surface area contributed by atoms with Gasteiger partial charge in [0.2, 0.25) is 0 Å². The summed E-state index contributed by atoms with van der Waals surface area (Å²) in [5, 5.41) is 0. The van der Waals surface area contributed by atoms with Crippen molar-refractivity contribution in [2.24, 2.45) is 4.99 Å². The van der Waals surface area contributed by atoms with Gasteiger partial charge in [-0.2, -0.15) is 6.21 Å². The van der Waals surface area contributed by atoms with Crippen LogP contribution in [0.15, 0.2) is 10.7 Å². The van der Waals surface area contributed by atoms with Crippen molar-refractivity contribution in [2.45, 2.75) is 27.2 Å². The molecule has 0 radical (unpaired) electrons. The maximum atomic E-state index is 10.4. The van der Waals surface area contributed by atoms with Crippen LogP contribution < -0.4 is 0 Å². The van der Waals surface area contributed by atoms with Gasteiger partial charge in [-0.25, -0.2) is 0 Å². The summed E-state index contributed by atoms with van der Waals surface area (Å²) in [6.07, 6.45) is 6.01. The van der Waals surface area contributed by atoms with Gasteiger partial charge in [-0.05, 0) is 12.7 Å². The normalized spacial score (nSPS) is 11.4. The van der Waals surface area contributed by atoms with Crippen LogP contribution in [0.5, 0.6) is 0 Å². The Morgan fingerprint density at radius 2 is 2.00 bits per heavy atom. The van der Waals surface area contributed by atoms with Crippen LogP contribution in [0.1, 0.15) is 27.2 Å². The first-order valence-electron chi connectivity index (χ1n) is 3.21. The number of nitrogens with zero attached hydrogens (tertiary/aromatic N) is 1. The second-order valence-corrected chi connectivity index (χ2v) is 1.89. The fourth-order valence-electron chi connectivity index (χ4n) is 0.480. The van der Waals surface area contributed by atoms with E-state index >= 15 is 0 Å². The number of ketones is 1. The summed E-state index contributed by atoms with van der Waals surface area (Å²) in [5.41, 5.74) is 0.592. The fraction of sp³-hybridized carbons (Fsp3) is 0.500. The van der Waals surface area contributed by atoms with Crippen LogP contribution in [0, 0.1) is 6.08 Å². The fourth-order valence-corrected chi connectivity index (χ4v) is 0.480. The molecule has 0 heterocycles. The summed E-state index contributed by atoms with van der Waals surface area (Å²) in [5.74, 6) is -0.0980. The minimum absolute atomic E-state index is 0. The van der Waals surface area contributed by atoms with Gasteiger partial charge in [0.15, 0.2) is 0 Å². The van der Waals surface area contributed by atoms with Crippen molar-refractivity contribution in [3.05, 3.63) is 11.8 Å². The van der Waals surface area contributed by atoms with E-state index in [4.69, 9.17) is 0 Å². The first-order valence-corrected chi connectivity index (χ1v) is 3.21. The van der Waals surface area contributed by atoms with Gasteiger partial charge >= 0.3 is 21.1 Å². The van der Waals surface area contributed by atoms with E-state index < -0.39 is 0 Å². The maximum Gasteiger partial charge on any atom is 2.00 e. The number of hydrogen-bond donors (Lipinski definition) is 0. The third-order valence-corrected chi connectivity index (χ3v) is 0.762. The molecule has 0 aliphatic carbocycles. The Hall–Kier alpha value is -0.232. The van der Waals surface area contributed by atoms with Gasteiger partial charge in [0, 0.05) is 0 Å². The van der Waals surface area contributed by atoms with E-state index in [9.17, 15) is 4.79 Å². The topological polar surface area (TPSA) is 29.4 Å². The zero-order chi connectivity index (χ0) is 7.98. The molecular weight excluding hydrogens is 310 g/mol. The first-order chi connectivity index (χ1) is 4.66. The van der Waals surface area contributed by atoms with Gasteiger partial charge in [0.05, 0.1) is 0 Å². The standard InChI is InChI=1S/C8H11NO.W/c1-4-5-9-7(2)6-8(3)10;/h4H2,1-3H3;/q-2;+2. The summed E-state index contributed by atoms with van der Waals surface area (Å²) in [6.45, 7) is 5.11. The summed E-state index contributed by atoms with van der Waals surface area (Å²) < 4.78 is 0. The van der Waals surface area contributed by atoms with E-state index in [0.717, 1.165) is 6.42 Å². The molecule has 60 valence electrons. The number of aliphatic imine (C=N–C) groups is 1. The van der Waals surface area contributed by atoms with Crippen LogP contribution >= 0.6 is 0 Å². The number of rotatable bonds is 3. The van der Waals surface area contributed by atoms with Crippen LogP contribution in [0.4, 0.5) is 0 Å². The monoisotopic (exact) mass is 321 g/mol. The molecule has 0 bridgehead atoms. The van der Waals surface area contributed by atoms with Gasteiger partial charge in [-0.3, -0.25) is 5.70 Å². The molecule has 0 saturated carbocycles. The molecule has 3 heteroatoms. The predicted molar refractivity (Wildman–Crippen MR) is 40.8 cm³/mol. The molecule has 0 aliphatic rings. The molecule has 0 saturated heterocycles. The van der Waals surface area contributed by atoms with Crippen molar-refractivity contribution >= 4 is 12.0 Å². The van der Waals surface area contributed by atoms with Crippen molar-refractivity contribution in [2.75, 3.05) is 0 Å². The molecular formula is C8H11NOW. The molecule has 0 N–H and O–H groups in total. The second-order valence-electron chi connectivity index (χ2n) is 1.89. The molecule has 0 rings (SSSR count). The van der Waals surface area contributed by atoms with Crippen molar-refractivity contribution in [1.29, 1.82) is 0 Å². The Morgan fingerprint density at radius 1 is 1.45 bits per heavy atom. The Kier molecular flexibility index (Phi) is 9.56. The van der Waals surface area contributed by atoms with Crippen molar-refractivity contribution < 1.29 is 25.9 Å². The number of hydrogen-bond acceptors (Lipinski definition) is 2. The third kappa shape index (κ3) is 9.77. The van der Waals surface area contributed by atoms with Gasteiger partial charge < -0.3 is 15.9 Å². The number of Topliss-reactive ketones (excluding diaryl/α,β-unsaturated/α-hetero) is 1. The molecule has 0 unspecified atom stereocenters. The molecule has 0 amide bonds. The second kappa shape index (κ2) is 7.87. The van der Waals surface area contributed by atoms with E-state index in [0.29, 0.717) is 5.70 Å². The van der Waals surface area contributed by atoms with Gasteiger partial charge in [-0.15, -0.1) is 6.92 Å². The van der Waals surface area contributed by atoms with Crippen molar-refractivity contribution in [3.8, 4) is 0 Å². The largest absolute Gasteiger partial charge is 2.00 e. The Morgan fingerprint density at radius 3 is 2.36 bits per heavy atom. The van der Waals surface area contributed by atoms with E-state index in [2.05, 4.69) is 17.3 Å². The zero-order valence-electron chi connectivity index (χ0n) is 6.97. The number of allylic oxidation sites excluding steroid dienone is 2. The Balaban J connectivity index is 0. The molecule has 0 fully saturated rings. The maximum absolute atomic E-state index is 10.4. The van der Waals surface area contributed by atoms with Crippen LogP contribution in [0.25, 0.3) is 0 Å². The molecule has 0 spiro atoms. The quantitative estimate of drug-likeness (QED) is 0.441.